The van der Waals surface area contributed by atoms with Crippen molar-refractivity contribution >= 4 is 38.3 Å². The molecular weight excluding hydrogens is 749 g/mol. The number of benzene rings is 1. The second-order valence-corrected chi connectivity index (χ2v) is 20.2. The highest BCUT2D eigenvalue weighted by Gasteiger charge is 2.58. The fourth-order valence-corrected chi connectivity index (χ4v) is 11.7. The first-order chi connectivity index (χ1) is 27.5. The van der Waals surface area contributed by atoms with Gasteiger partial charge in [0.2, 0.25) is 5.78 Å². The monoisotopic (exact) mass is 806 g/mol. The van der Waals surface area contributed by atoms with E-state index in [9.17, 15) is 4.79 Å². The molecule has 13 heteroatoms. The summed E-state index contributed by atoms with van der Waals surface area (Å²) < 4.78 is 21.9. The van der Waals surface area contributed by atoms with Gasteiger partial charge in [-0.05, 0) is 119 Å². The topological polar surface area (TPSA) is 138 Å². The van der Waals surface area contributed by atoms with Gasteiger partial charge < -0.3 is 24.8 Å². The van der Waals surface area contributed by atoms with Crippen LogP contribution in [0.1, 0.15) is 108 Å². The Hall–Kier alpha value is -4.14. The number of hydrogen-bond donors (Lipinski definition) is 2. The van der Waals surface area contributed by atoms with E-state index in [1.54, 1.807) is 29.7 Å². The number of pyridine rings is 1. The molecule has 0 radical (unpaired) electrons. The average molecular weight is 807 g/mol. The number of nitrogens with zero attached hydrogens (tertiary/aromatic N) is 6. The van der Waals surface area contributed by atoms with Gasteiger partial charge in [0.25, 0.3) is 0 Å². The Balaban J connectivity index is 0.904. The number of carbonyl (C=O) groups excluding carboxylic acids is 1. The molecule has 2 bridgehead atoms. The molecule has 5 heterocycles. The summed E-state index contributed by atoms with van der Waals surface area (Å²) in [4.78, 5) is 22.7. The quantitative estimate of drug-likeness (QED) is 0.0823. The maximum Gasteiger partial charge on any atom is 0.231 e. The third-order valence-electron chi connectivity index (χ3n) is 12.1. The Labute approximate surface area is 345 Å². The van der Waals surface area contributed by atoms with Crippen LogP contribution in [0.2, 0.25) is 0 Å². The summed E-state index contributed by atoms with van der Waals surface area (Å²) >= 11 is 1.54. The lowest BCUT2D eigenvalue weighted by atomic mass is 9.48. The van der Waals surface area contributed by atoms with Crippen LogP contribution in [0.3, 0.4) is 0 Å². The molecule has 3 unspecified atom stereocenters. The number of ether oxygens (including phenoxy) is 3. The molecule has 5 aromatic rings. The summed E-state index contributed by atoms with van der Waals surface area (Å²) in [6.07, 6.45) is 10.2. The van der Waals surface area contributed by atoms with Gasteiger partial charge in [-0.25, -0.2) is 4.98 Å². The molecule has 1 aromatic carbocycles. The molecule has 3 aliphatic rings. The molecule has 4 atom stereocenters. The van der Waals surface area contributed by atoms with Gasteiger partial charge in [0.15, 0.2) is 16.7 Å². The van der Waals surface area contributed by atoms with Crippen LogP contribution in [-0.2, 0) is 20.8 Å². The van der Waals surface area contributed by atoms with E-state index in [-0.39, 0.29) is 39.4 Å². The van der Waals surface area contributed by atoms with Crippen molar-refractivity contribution in [3.63, 3.8) is 0 Å². The highest BCUT2D eigenvalue weighted by atomic mass is 32.1. The molecule has 2 saturated carbocycles. The molecule has 3 fully saturated rings. The van der Waals surface area contributed by atoms with Crippen LogP contribution >= 0.6 is 11.3 Å². The van der Waals surface area contributed by atoms with Gasteiger partial charge in [0, 0.05) is 36.1 Å². The predicted octanol–water partition coefficient (Wildman–Crippen LogP) is 8.84. The maximum atomic E-state index is 13.5. The van der Waals surface area contributed by atoms with Gasteiger partial charge >= 0.3 is 0 Å². The van der Waals surface area contributed by atoms with E-state index in [4.69, 9.17) is 19.3 Å². The molecule has 2 N–H and O–H groups in total. The summed E-state index contributed by atoms with van der Waals surface area (Å²) in [5.41, 5.74) is 5.50. The zero-order valence-electron chi connectivity index (χ0n) is 35.3. The van der Waals surface area contributed by atoms with Gasteiger partial charge in [-0.15, -0.1) is 10.2 Å². The minimum atomic E-state index is -0.481. The first kappa shape index (κ1) is 40.6. The van der Waals surface area contributed by atoms with Gasteiger partial charge in [-0.2, -0.15) is 5.10 Å². The minimum Gasteiger partial charge on any atom is -0.374 e. The SMILES string of the molecule is Cc1cc(C(=O)c2ccc(-c3cnn(CC4(C)CC5(C)CC(C)(C)CC(OCCNCC[C@H]6COC(C)(C)O6)(C4)C5)c3C)cn2)nnc1Nc1nc2ccccc2s1. The Bertz CT molecular complexity index is 2250. The second-order valence-electron chi connectivity index (χ2n) is 19.1. The summed E-state index contributed by atoms with van der Waals surface area (Å²) in [6.45, 7) is 21.6. The fraction of sp³-hybridized carbons (Fsp3) is 0.556. The van der Waals surface area contributed by atoms with Crippen LogP contribution in [0.4, 0.5) is 10.9 Å². The zero-order valence-corrected chi connectivity index (χ0v) is 36.1. The summed E-state index contributed by atoms with van der Waals surface area (Å²) in [6, 6.07) is 13.4. The van der Waals surface area contributed by atoms with Crippen molar-refractivity contribution < 1.29 is 19.0 Å². The van der Waals surface area contributed by atoms with Crippen LogP contribution in [0.5, 0.6) is 0 Å². The fourth-order valence-electron chi connectivity index (χ4n) is 10.8. The predicted molar refractivity (Wildman–Crippen MR) is 227 cm³/mol. The number of aromatic nitrogens is 6. The Morgan fingerprint density at radius 1 is 0.948 bits per heavy atom. The Morgan fingerprint density at radius 3 is 2.52 bits per heavy atom. The lowest BCUT2D eigenvalue weighted by Crippen LogP contribution is -2.57. The molecule has 58 heavy (non-hydrogen) atoms. The molecule has 0 amide bonds. The zero-order chi connectivity index (χ0) is 40.9. The highest BCUT2D eigenvalue weighted by Crippen LogP contribution is 2.63. The summed E-state index contributed by atoms with van der Waals surface area (Å²) in [5, 5.41) is 21.1. The molecule has 1 aliphatic heterocycles. The molecule has 308 valence electrons. The van der Waals surface area contributed by atoms with Gasteiger partial charge in [-0.3, -0.25) is 14.5 Å². The number of thiazole rings is 1. The van der Waals surface area contributed by atoms with Crippen molar-refractivity contribution in [1.29, 1.82) is 0 Å². The van der Waals surface area contributed by atoms with Gasteiger partial charge in [0.05, 0.1) is 41.3 Å². The summed E-state index contributed by atoms with van der Waals surface area (Å²) in [5.74, 6) is -0.199. The number of aryl methyl sites for hydroxylation is 1. The van der Waals surface area contributed by atoms with Crippen LogP contribution in [0, 0.1) is 30.1 Å². The summed E-state index contributed by atoms with van der Waals surface area (Å²) in [7, 11) is 0. The number of ketones is 1. The first-order valence-corrected chi connectivity index (χ1v) is 21.5. The number of nitrogens with one attached hydrogen (secondary N) is 2. The average Bonchev–Trinajstić information content (AvgIpc) is 3.83. The smallest absolute Gasteiger partial charge is 0.231 e. The highest BCUT2D eigenvalue weighted by molar-refractivity contribution is 7.22. The standard InChI is InChI=1S/C45H58N8O4S/c1-29-19-36(51-52-39(29)50-40-49-34-11-9-10-12-37(34)58-40)38(54)35-14-13-31(20-47-35)33-21-48-53(30(33)2)28-44(8)25-43(7)23-41(3,4)24-45(26-43,27-44)55-18-17-46-16-15-32-22-56-42(5,6)57-32/h9-14,19-21,32,46H,15-18,22-28H2,1-8H3,(H,49,50,52)/t32-,43?,44?,45?/m0/s1. The maximum absolute atomic E-state index is 13.5. The number of hydrogen-bond acceptors (Lipinski definition) is 12. The molecule has 0 spiro atoms. The van der Waals surface area contributed by atoms with Crippen LogP contribution in [0.15, 0.2) is 54.9 Å². The number of carbonyl (C=O) groups is 1. The van der Waals surface area contributed by atoms with E-state index in [0.29, 0.717) is 24.7 Å². The number of rotatable bonds is 14. The normalized spacial score (nSPS) is 26.2. The van der Waals surface area contributed by atoms with Gasteiger partial charge in [0.1, 0.15) is 11.4 Å². The van der Waals surface area contributed by atoms with E-state index >= 15 is 0 Å². The Morgan fingerprint density at radius 2 is 1.78 bits per heavy atom. The molecule has 4 aromatic heterocycles. The largest absolute Gasteiger partial charge is 0.374 e. The van der Waals surface area contributed by atoms with E-state index in [1.165, 1.54) is 6.42 Å². The molecule has 12 nitrogen and oxygen atoms in total. The molecular formula is C45H58N8O4S. The van der Waals surface area contributed by atoms with Crippen molar-refractivity contribution in [3.8, 4) is 11.1 Å². The second kappa shape index (κ2) is 15.5. The number of fused-ring (bicyclic) bond motifs is 3. The van der Waals surface area contributed by atoms with E-state index in [1.807, 2.05) is 57.3 Å². The third-order valence-corrected chi connectivity index (χ3v) is 13.1. The lowest BCUT2D eigenvalue weighted by Gasteiger charge is -2.61. The minimum absolute atomic E-state index is 0.00471. The molecule has 1 saturated heterocycles. The molecule has 8 rings (SSSR count). The van der Waals surface area contributed by atoms with Crippen molar-refractivity contribution in [1.82, 2.24) is 35.3 Å². The van der Waals surface area contributed by atoms with Crippen molar-refractivity contribution in [2.45, 2.75) is 118 Å². The van der Waals surface area contributed by atoms with E-state index in [2.05, 4.69) is 70.1 Å². The lowest BCUT2D eigenvalue weighted by molar-refractivity contribution is -0.192. The molecule has 2 aliphatic carbocycles. The van der Waals surface area contributed by atoms with E-state index < -0.39 is 5.79 Å². The number of para-hydroxylation sites is 1. The van der Waals surface area contributed by atoms with Crippen molar-refractivity contribution in [2.24, 2.45) is 16.2 Å². The van der Waals surface area contributed by atoms with E-state index in [0.717, 1.165) is 89.5 Å². The van der Waals surface area contributed by atoms with Gasteiger partial charge in [-0.1, -0.05) is 57.2 Å². The van der Waals surface area contributed by atoms with Crippen LogP contribution in [0.25, 0.3) is 21.3 Å². The van der Waals surface area contributed by atoms with Crippen molar-refractivity contribution in [2.75, 3.05) is 31.6 Å². The number of anilines is 2. The third kappa shape index (κ3) is 8.89. The van der Waals surface area contributed by atoms with Crippen molar-refractivity contribution in [3.05, 3.63) is 77.5 Å². The Kier molecular flexibility index (Phi) is 10.8. The first-order valence-electron chi connectivity index (χ1n) is 20.7. The van der Waals surface area contributed by atoms with Crippen LogP contribution in [-0.4, -0.2) is 79.5 Å². The van der Waals surface area contributed by atoms with Crippen LogP contribution < -0.4 is 10.6 Å².